The first-order chi connectivity index (χ1) is 18.1. The number of methoxy groups -OCH3 is 3. The quantitative estimate of drug-likeness (QED) is 0.406. The number of para-hydroxylation sites is 2. The second kappa shape index (κ2) is 10.5. The fraction of sp³-hybridized carbons (Fsp3) is 0.300. The monoisotopic (exact) mass is 500 g/mol. The number of hydrogen-bond donors (Lipinski definition) is 2. The molecule has 0 saturated heterocycles. The summed E-state index contributed by atoms with van der Waals surface area (Å²) in [5, 5.41) is 7.20. The summed E-state index contributed by atoms with van der Waals surface area (Å²) in [5.74, 6) is 2.58. The van der Waals surface area contributed by atoms with Crippen LogP contribution >= 0.6 is 0 Å². The molecule has 7 heteroatoms. The molecule has 2 unspecified atom stereocenters. The van der Waals surface area contributed by atoms with E-state index in [1.807, 2.05) is 55.5 Å². The van der Waals surface area contributed by atoms with E-state index in [-0.39, 0.29) is 11.7 Å². The number of hydrogen-bond acceptors (Lipinski definition) is 7. The normalized spacial score (nSPS) is 18.5. The Bertz CT molecular complexity index is 1330. The SMILES string of the molecule is CCOc1ccc(C2CC(=O)C3=C(C2)Nc2ccccc2NC3c2ccc(OC)c(OC)c2OC)cc1. The molecule has 192 valence electrons. The second-order valence-corrected chi connectivity index (χ2v) is 9.09. The lowest BCUT2D eigenvalue weighted by atomic mass is 9.78. The molecule has 0 saturated carbocycles. The van der Waals surface area contributed by atoms with Crippen molar-refractivity contribution in [1.29, 1.82) is 0 Å². The minimum atomic E-state index is -0.435. The van der Waals surface area contributed by atoms with Gasteiger partial charge in [-0.05, 0) is 61.2 Å². The van der Waals surface area contributed by atoms with Crippen molar-refractivity contribution in [3.05, 3.63) is 83.1 Å². The minimum absolute atomic E-state index is 0.0626. The van der Waals surface area contributed by atoms with Gasteiger partial charge in [-0.25, -0.2) is 0 Å². The topological polar surface area (TPSA) is 78.1 Å². The van der Waals surface area contributed by atoms with Gasteiger partial charge < -0.3 is 29.6 Å². The van der Waals surface area contributed by atoms with E-state index in [2.05, 4.69) is 22.8 Å². The fourth-order valence-electron chi connectivity index (χ4n) is 5.32. The van der Waals surface area contributed by atoms with E-state index in [1.54, 1.807) is 21.3 Å². The Morgan fingerprint density at radius 2 is 1.57 bits per heavy atom. The zero-order valence-electron chi connectivity index (χ0n) is 21.6. The molecule has 7 nitrogen and oxygen atoms in total. The van der Waals surface area contributed by atoms with Crippen molar-refractivity contribution in [2.24, 2.45) is 0 Å². The Balaban J connectivity index is 1.61. The van der Waals surface area contributed by atoms with Crippen LogP contribution in [0.4, 0.5) is 11.4 Å². The highest BCUT2D eigenvalue weighted by Crippen LogP contribution is 2.49. The number of allylic oxidation sites excluding steroid dienone is 1. The number of Topliss-reactive ketones (excluding diaryl/α,β-unsaturated/α-hetero) is 1. The highest BCUT2D eigenvalue weighted by molar-refractivity contribution is 6.01. The number of carbonyl (C=O) groups excluding carboxylic acids is 1. The first-order valence-electron chi connectivity index (χ1n) is 12.5. The Kier molecular flexibility index (Phi) is 6.95. The number of ketones is 1. The Morgan fingerprint density at radius 3 is 2.24 bits per heavy atom. The second-order valence-electron chi connectivity index (χ2n) is 9.09. The summed E-state index contributed by atoms with van der Waals surface area (Å²) in [6, 6.07) is 19.4. The van der Waals surface area contributed by atoms with Crippen LogP contribution in [0.5, 0.6) is 23.0 Å². The van der Waals surface area contributed by atoms with Crippen LogP contribution in [-0.2, 0) is 4.79 Å². The fourth-order valence-corrected chi connectivity index (χ4v) is 5.32. The lowest BCUT2D eigenvalue weighted by molar-refractivity contribution is -0.116. The third kappa shape index (κ3) is 4.57. The molecule has 0 radical (unpaired) electrons. The lowest BCUT2D eigenvalue weighted by Crippen LogP contribution is -2.27. The number of benzene rings is 3. The van der Waals surface area contributed by atoms with Crippen LogP contribution in [0, 0.1) is 0 Å². The summed E-state index contributed by atoms with van der Waals surface area (Å²) in [6.45, 7) is 2.59. The highest BCUT2D eigenvalue weighted by Gasteiger charge is 2.38. The Morgan fingerprint density at radius 1 is 0.838 bits per heavy atom. The molecular formula is C30H32N2O5. The molecule has 3 aromatic rings. The maximum Gasteiger partial charge on any atom is 0.203 e. The summed E-state index contributed by atoms with van der Waals surface area (Å²) in [5.41, 5.74) is 5.38. The summed E-state index contributed by atoms with van der Waals surface area (Å²) < 4.78 is 22.6. The van der Waals surface area contributed by atoms with Gasteiger partial charge in [0.1, 0.15) is 5.75 Å². The van der Waals surface area contributed by atoms with E-state index in [1.165, 1.54) is 0 Å². The zero-order valence-corrected chi connectivity index (χ0v) is 21.6. The molecule has 37 heavy (non-hydrogen) atoms. The van der Waals surface area contributed by atoms with Gasteiger partial charge in [0.25, 0.3) is 0 Å². The van der Waals surface area contributed by atoms with Crippen LogP contribution in [0.15, 0.2) is 71.9 Å². The maximum absolute atomic E-state index is 13.9. The molecule has 0 amide bonds. The van der Waals surface area contributed by atoms with Crippen molar-refractivity contribution >= 4 is 17.2 Å². The number of nitrogens with one attached hydrogen (secondary N) is 2. The van der Waals surface area contributed by atoms with Crippen molar-refractivity contribution in [3.63, 3.8) is 0 Å². The van der Waals surface area contributed by atoms with Crippen molar-refractivity contribution in [1.82, 2.24) is 0 Å². The third-order valence-corrected chi connectivity index (χ3v) is 7.02. The number of fused-ring (bicyclic) bond motifs is 1. The molecule has 0 bridgehead atoms. The average molecular weight is 501 g/mol. The molecule has 2 N–H and O–H groups in total. The number of anilines is 2. The van der Waals surface area contributed by atoms with Gasteiger partial charge in [0, 0.05) is 23.3 Å². The van der Waals surface area contributed by atoms with Gasteiger partial charge in [-0.15, -0.1) is 0 Å². The third-order valence-electron chi connectivity index (χ3n) is 7.02. The molecule has 1 aliphatic heterocycles. The van der Waals surface area contributed by atoms with Crippen LogP contribution in [0.25, 0.3) is 0 Å². The number of carbonyl (C=O) groups is 1. The van der Waals surface area contributed by atoms with Crippen molar-refractivity contribution in [3.8, 4) is 23.0 Å². The Hall–Kier alpha value is -4.13. The maximum atomic E-state index is 13.9. The molecule has 1 heterocycles. The first-order valence-corrected chi connectivity index (χ1v) is 12.5. The number of rotatable bonds is 7. The average Bonchev–Trinajstić information content (AvgIpc) is 3.09. The van der Waals surface area contributed by atoms with Gasteiger partial charge in [-0.2, -0.15) is 0 Å². The summed E-state index contributed by atoms with van der Waals surface area (Å²) in [6.07, 6.45) is 1.12. The predicted octanol–water partition coefficient (Wildman–Crippen LogP) is 6.09. The lowest BCUT2D eigenvalue weighted by Gasteiger charge is -2.31. The van der Waals surface area contributed by atoms with Crippen LogP contribution in [0.2, 0.25) is 0 Å². The molecule has 0 spiro atoms. The van der Waals surface area contributed by atoms with Gasteiger partial charge in [0.2, 0.25) is 5.75 Å². The van der Waals surface area contributed by atoms with Gasteiger partial charge in [0.05, 0.1) is 45.4 Å². The smallest absolute Gasteiger partial charge is 0.203 e. The van der Waals surface area contributed by atoms with E-state index in [0.29, 0.717) is 42.3 Å². The van der Waals surface area contributed by atoms with Crippen LogP contribution in [0.3, 0.4) is 0 Å². The van der Waals surface area contributed by atoms with Gasteiger partial charge >= 0.3 is 0 Å². The molecule has 1 aliphatic carbocycles. The standard InChI is InChI=1S/C30H32N2O5/c1-5-37-20-12-10-18(11-13-20)19-16-24-27(25(33)17-19)28(32-23-9-7-6-8-22(23)31-24)21-14-15-26(34-2)30(36-4)29(21)35-3/h6-15,19,28,31-32H,5,16-17H2,1-4H3. The molecule has 2 aliphatic rings. The zero-order chi connectivity index (χ0) is 25.9. The largest absolute Gasteiger partial charge is 0.494 e. The van der Waals surface area contributed by atoms with E-state index < -0.39 is 6.04 Å². The summed E-state index contributed by atoms with van der Waals surface area (Å²) >= 11 is 0. The highest BCUT2D eigenvalue weighted by atomic mass is 16.5. The van der Waals surface area contributed by atoms with Gasteiger partial charge in [-0.1, -0.05) is 24.3 Å². The summed E-state index contributed by atoms with van der Waals surface area (Å²) in [4.78, 5) is 13.9. The molecular weight excluding hydrogens is 468 g/mol. The molecule has 2 atom stereocenters. The van der Waals surface area contributed by atoms with Crippen LogP contribution in [0.1, 0.15) is 42.9 Å². The van der Waals surface area contributed by atoms with Crippen molar-refractivity contribution in [2.75, 3.05) is 38.6 Å². The molecule has 5 rings (SSSR count). The van der Waals surface area contributed by atoms with Crippen LogP contribution < -0.4 is 29.6 Å². The van der Waals surface area contributed by atoms with E-state index >= 15 is 0 Å². The van der Waals surface area contributed by atoms with E-state index in [4.69, 9.17) is 18.9 Å². The van der Waals surface area contributed by atoms with Gasteiger partial charge in [-0.3, -0.25) is 4.79 Å². The van der Waals surface area contributed by atoms with Gasteiger partial charge in [0.15, 0.2) is 17.3 Å². The molecule has 0 fully saturated rings. The predicted molar refractivity (Wildman–Crippen MR) is 144 cm³/mol. The minimum Gasteiger partial charge on any atom is -0.494 e. The summed E-state index contributed by atoms with van der Waals surface area (Å²) in [7, 11) is 4.77. The van der Waals surface area contributed by atoms with E-state index in [9.17, 15) is 4.79 Å². The number of ether oxygens (including phenoxy) is 4. The van der Waals surface area contributed by atoms with E-state index in [0.717, 1.165) is 33.9 Å². The Labute approximate surface area is 217 Å². The van der Waals surface area contributed by atoms with Crippen molar-refractivity contribution < 1.29 is 23.7 Å². The van der Waals surface area contributed by atoms with Crippen LogP contribution in [-0.4, -0.2) is 33.7 Å². The first kappa shape index (κ1) is 24.6. The van der Waals surface area contributed by atoms with Crippen molar-refractivity contribution in [2.45, 2.75) is 31.7 Å². The molecule has 0 aromatic heterocycles. The molecule has 3 aromatic carbocycles.